The van der Waals surface area contributed by atoms with Crippen molar-refractivity contribution in [2.75, 3.05) is 37.6 Å². The predicted octanol–water partition coefficient (Wildman–Crippen LogP) is 3.10. The molecule has 0 spiro atoms. The number of ketones is 1. The van der Waals surface area contributed by atoms with Crippen molar-refractivity contribution >= 4 is 23.1 Å². The molecule has 0 bridgehead atoms. The number of para-hydroxylation sites is 1. The Balaban J connectivity index is 1.45. The first-order valence-corrected chi connectivity index (χ1v) is 9.01. The lowest BCUT2D eigenvalue weighted by Crippen LogP contribution is -2.47. The third-order valence-electron chi connectivity index (χ3n) is 4.64. The molecule has 1 aliphatic rings. The number of nitrogens with zero attached hydrogens (tertiary/aromatic N) is 2. The van der Waals surface area contributed by atoms with Crippen LogP contribution in [0, 0.1) is 0 Å². The molecule has 2 aromatic carbocycles. The van der Waals surface area contributed by atoms with E-state index in [4.69, 9.17) is 11.6 Å². The molecule has 1 fully saturated rings. The summed E-state index contributed by atoms with van der Waals surface area (Å²) < 4.78 is 0. The van der Waals surface area contributed by atoms with Gasteiger partial charge < -0.3 is 10.0 Å². The van der Waals surface area contributed by atoms with Crippen molar-refractivity contribution in [1.29, 1.82) is 0 Å². The fraction of sp³-hybridized carbons (Fsp3) is 0.350. The van der Waals surface area contributed by atoms with Gasteiger partial charge in [-0.1, -0.05) is 29.8 Å². The van der Waals surface area contributed by atoms with E-state index >= 15 is 0 Å². The molecule has 0 unspecified atom stereocenters. The monoisotopic (exact) mass is 358 g/mol. The van der Waals surface area contributed by atoms with E-state index in [1.165, 1.54) is 5.69 Å². The summed E-state index contributed by atoms with van der Waals surface area (Å²) in [6.07, 6.45) is -0.513. The second kappa shape index (κ2) is 8.48. The summed E-state index contributed by atoms with van der Waals surface area (Å²) >= 11 is 5.83. The van der Waals surface area contributed by atoms with Gasteiger partial charge in [0.15, 0.2) is 5.78 Å². The van der Waals surface area contributed by atoms with Crippen LogP contribution in [0.4, 0.5) is 5.69 Å². The average Bonchev–Trinajstić information content (AvgIpc) is 2.67. The van der Waals surface area contributed by atoms with Gasteiger partial charge in [0.25, 0.3) is 0 Å². The summed E-state index contributed by atoms with van der Waals surface area (Å²) in [6, 6.07) is 17.1. The minimum Gasteiger partial charge on any atom is -0.385 e. The van der Waals surface area contributed by atoms with E-state index in [0.717, 1.165) is 32.7 Å². The van der Waals surface area contributed by atoms with Gasteiger partial charge in [-0.2, -0.15) is 0 Å². The number of piperazine rings is 1. The first-order chi connectivity index (χ1) is 12.1. The van der Waals surface area contributed by atoms with Crippen molar-refractivity contribution in [1.82, 2.24) is 4.90 Å². The van der Waals surface area contributed by atoms with E-state index in [9.17, 15) is 9.90 Å². The van der Waals surface area contributed by atoms with E-state index in [1.807, 2.05) is 6.07 Å². The van der Waals surface area contributed by atoms with Crippen LogP contribution in [-0.4, -0.2) is 54.6 Å². The molecular formula is C20H23ClN2O2. The normalized spacial score (nSPS) is 16.6. The number of Topliss-reactive ketones (excluding diaryl/α,β-unsaturated/α-hetero) is 1. The quantitative estimate of drug-likeness (QED) is 0.806. The lowest BCUT2D eigenvalue weighted by molar-refractivity contribution is 0.0700. The first-order valence-electron chi connectivity index (χ1n) is 8.64. The number of aliphatic hydroxyl groups excluding tert-OH is 1. The Morgan fingerprint density at radius 1 is 1.00 bits per heavy atom. The number of benzene rings is 2. The van der Waals surface area contributed by atoms with E-state index in [1.54, 1.807) is 24.3 Å². The number of carbonyl (C=O) groups excluding carboxylic acids is 1. The molecule has 5 heteroatoms. The maximum absolute atomic E-state index is 12.2. The topological polar surface area (TPSA) is 43.8 Å². The highest BCUT2D eigenvalue weighted by molar-refractivity contribution is 6.30. The SMILES string of the molecule is O=C(c1ccc(Cl)cc1)[C@@H](O)CCN1CCN(c2ccccc2)CC1. The number of halogens is 1. The highest BCUT2D eigenvalue weighted by Gasteiger charge is 2.21. The second-order valence-electron chi connectivity index (χ2n) is 6.34. The maximum atomic E-state index is 12.2. The summed E-state index contributed by atoms with van der Waals surface area (Å²) in [7, 11) is 0. The summed E-state index contributed by atoms with van der Waals surface area (Å²) in [5.41, 5.74) is 1.76. The molecule has 132 valence electrons. The van der Waals surface area contributed by atoms with Crippen molar-refractivity contribution in [3.05, 3.63) is 65.2 Å². The zero-order valence-corrected chi connectivity index (χ0v) is 14.9. The lowest BCUT2D eigenvalue weighted by Gasteiger charge is -2.36. The molecule has 1 saturated heterocycles. The highest BCUT2D eigenvalue weighted by atomic mass is 35.5. The molecule has 0 saturated carbocycles. The van der Waals surface area contributed by atoms with Gasteiger partial charge >= 0.3 is 0 Å². The number of rotatable bonds is 6. The Hall–Kier alpha value is -1.88. The van der Waals surface area contributed by atoms with Gasteiger partial charge in [0.1, 0.15) is 6.10 Å². The fourth-order valence-electron chi connectivity index (χ4n) is 3.11. The third kappa shape index (κ3) is 4.82. The predicted molar refractivity (Wildman–Crippen MR) is 102 cm³/mol. The van der Waals surface area contributed by atoms with Crippen molar-refractivity contribution in [3.8, 4) is 0 Å². The van der Waals surface area contributed by atoms with Gasteiger partial charge in [-0.25, -0.2) is 0 Å². The Morgan fingerprint density at radius 3 is 2.28 bits per heavy atom. The standard InChI is InChI=1S/C20H23ClN2O2/c21-17-8-6-16(7-9-17)20(25)19(24)10-11-22-12-14-23(15-13-22)18-4-2-1-3-5-18/h1-9,19,24H,10-15H2/t19-/m0/s1. The number of carbonyl (C=O) groups is 1. The maximum Gasteiger partial charge on any atom is 0.191 e. The van der Waals surface area contributed by atoms with Crippen LogP contribution in [0.3, 0.4) is 0 Å². The molecule has 4 nitrogen and oxygen atoms in total. The molecule has 1 aliphatic heterocycles. The summed E-state index contributed by atoms with van der Waals surface area (Å²) in [4.78, 5) is 16.9. The molecule has 3 rings (SSSR count). The molecule has 0 aromatic heterocycles. The number of anilines is 1. The molecule has 0 amide bonds. The van der Waals surface area contributed by atoms with Crippen LogP contribution in [0.1, 0.15) is 16.8 Å². The van der Waals surface area contributed by atoms with E-state index in [2.05, 4.69) is 34.1 Å². The average molecular weight is 359 g/mol. The van der Waals surface area contributed by atoms with Gasteiger partial charge in [0.05, 0.1) is 0 Å². The van der Waals surface area contributed by atoms with E-state index in [0.29, 0.717) is 17.0 Å². The van der Waals surface area contributed by atoms with Crippen molar-refractivity contribution in [3.63, 3.8) is 0 Å². The van der Waals surface area contributed by atoms with Crippen LogP contribution < -0.4 is 4.90 Å². The largest absolute Gasteiger partial charge is 0.385 e. The molecule has 0 aliphatic carbocycles. The lowest BCUT2D eigenvalue weighted by atomic mass is 10.0. The third-order valence-corrected chi connectivity index (χ3v) is 4.90. The van der Waals surface area contributed by atoms with Crippen LogP contribution in [0.25, 0.3) is 0 Å². The van der Waals surface area contributed by atoms with Gasteiger partial charge in [-0.3, -0.25) is 9.69 Å². The van der Waals surface area contributed by atoms with Crippen molar-refractivity contribution < 1.29 is 9.90 Å². The van der Waals surface area contributed by atoms with Crippen LogP contribution in [-0.2, 0) is 0 Å². The number of hydrogen-bond donors (Lipinski definition) is 1. The molecule has 1 N–H and O–H groups in total. The van der Waals surface area contributed by atoms with Gasteiger partial charge in [-0.15, -0.1) is 0 Å². The Labute approximate surface area is 153 Å². The zero-order chi connectivity index (χ0) is 17.6. The van der Waals surface area contributed by atoms with Crippen LogP contribution in [0.15, 0.2) is 54.6 Å². The molecule has 1 atom stereocenters. The Kier molecular flexibility index (Phi) is 6.08. The van der Waals surface area contributed by atoms with E-state index in [-0.39, 0.29) is 5.78 Å². The van der Waals surface area contributed by atoms with Gasteiger partial charge in [0, 0.05) is 49.0 Å². The fourth-order valence-corrected chi connectivity index (χ4v) is 3.24. The van der Waals surface area contributed by atoms with Gasteiger partial charge in [0.2, 0.25) is 0 Å². The minimum absolute atomic E-state index is 0.236. The van der Waals surface area contributed by atoms with Crippen LogP contribution in [0.5, 0.6) is 0 Å². The molecular weight excluding hydrogens is 336 g/mol. The molecule has 1 heterocycles. The van der Waals surface area contributed by atoms with Crippen LogP contribution in [0.2, 0.25) is 5.02 Å². The first kappa shape index (κ1) is 17.9. The Bertz CT molecular complexity index is 683. The number of aliphatic hydroxyl groups is 1. The minimum atomic E-state index is -0.965. The number of hydrogen-bond acceptors (Lipinski definition) is 4. The molecule has 25 heavy (non-hydrogen) atoms. The molecule has 2 aromatic rings. The van der Waals surface area contributed by atoms with Crippen molar-refractivity contribution in [2.24, 2.45) is 0 Å². The van der Waals surface area contributed by atoms with E-state index < -0.39 is 6.10 Å². The highest BCUT2D eigenvalue weighted by Crippen LogP contribution is 2.16. The van der Waals surface area contributed by atoms with Gasteiger partial charge in [-0.05, 0) is 42.8 Å². The van der Waals surface area contributed by atoms with Crippen molar-refractivity contribution in [2.45, 2.75) is 12.5 Å². The smallest absolute Gasteiger partial charge is 0.191 e. The Morgan fingerprint density at radius 2 is 1.64 bits per heavy atom. The second-order valence-corrected chi connectivity index (χ2v) is 6.78. The summed E-state index contributed by atoms with van der Waals surface area (Å²) in [5.74, 6) is -0.236. The van der Waals surface area contributed by atoms with Crippen LogP contribution >= 0.6 is 11.6 Å². The summed E-state index contributed by atoms with van der Waals surface area (Å²) in [5, 5.41) is 10.8. The molecule has 0 radical (unpaired) electrons. The zero-order valence-electron chi connectivity index (χ0n) is 14.1. The summed E-state index contributed by atoms with van der Waals surface area (Å²) in [6.45, 7) is 4.53.